The zero-order valence-corrected chi connectivity index (χ0v) is 6.15. The van der Waals surface area contributed by atoms with E-state index in [0.29, 0.717) is 6.42 Å². The molecule has 3 N–H and O–H groups in total. The van der Waals surface area contributed by atoms with Crippen LogP contribution in [-0.4, -0.2) is 17.1 Å². The first-order valence-electron chi connectivity index (χ1n) is 2.60. The SMILES string of the molecule is C[C@H](N)CCC(=O)O.Cl. The number of carboxylic acid groups (broad SMARTS) is 1. The van der Waals surface area contributed by atoms with Gasteiger partial charge in [-0.05, 0) is 13.3 Å². The standard InChI is InChI=1S/C5H11NO2.ClH/c1-4(6)2-3-5(7)8;/h4H,2-3,6H2,1H3,(H,7,8);1H/t4-;/m0./s1. The first kappa shape index (κ1) is 11.5. The van der Waals surface area contributed by atoms with Crippen LogP contribution in [0, 0.1) is 0 Å². The summed E-state index contributed by atoms with van der Waals surface area (Å²) >= 11 is 0. The molecule has 0 saturated carbocycles. The zero-order valence-electron chi connectivity index (χ0n) is 5.33. The van der Waals surface area contributed by atoms with Gasteiger partial charge in [-0.3, -0.25) is 4.79 Å². The Morgan fingerprint density at radius 3 is 2.33 bits per heavy atom. The summed E-state index contributed by atoms with van der Waals surface area (Å²) in [6.07, 6.45) is 0.743. The van der Waals surface area contributed by atoms with Gasteiger partial charge in [0.15, 0.2) is 0 Å². The summed E-state index contributed by atoms with van der Waals surface area (Å²) in [6.45, 7) is 1.79. The van der Waals surface area contributed by atoms with E-state index in [0.717, 1.165) is 0 Å². The number of aliphatic carboxylic acids is 1. The van der Waals surface area contributed by atoms with Crippen molar-refractivity contribution < 1.29 is 9.90 Å². The Hall–Kier alpha value is -0.280. The highest BCUT2D eigenvalue weighted by Crippen LogP contribution is 1.91. The fourth-order valence-corrected chi connectivity index (χ4v) is 0.351. The molecule has 9 heavy (non-hydrogen) atoms. The summed E-state index contributed by atoms with van der Waals surface area (Å²) in [4.78, 5) is 9.85. The van der Waals surface area contributed by atoms with E-state index in [-0.39, 0.29) is 24.9 Å². The van der Waals surface area contributed by atoms with E-state index >= 15 is 0 Å². The van der Waals surface area contributed by atoms with E-state index in [2.05, 4.69) is 0 Å². The third-order valence-corrected chi connectivity index (χ3v) is 0.814. The molecule has 0 rings (SSSR count). The maximum absolute atomic E-state index is 9.85. The number of nitrogens with two attached hydrogens (primary N) is 1. The molecule has 0 fully saturated rings. The number of rotatable bonds is 3. The molecule has 0 aliphatic carbocycles. The van der Waals surface area contributed by atoms with E-state index < -0.39 is 5.97 Å². The summed E-state index contributed by atoms with van der Waals surface area (Å²) < 4.78 is 0. The van der Waals surface area contributed by atoms with Crippen LogP contribution in [-0.2, 0) is 4.79 Å². The predicted octanol–water partition coefficient (Wildman–Crippen LogP) is 0.620. The van der Waals surface area contributed by atoms with Crippen molar-refractivity contribution >= 4 is 18.4 Å². The van der Waals surface area contributed by atoms with E-state index in [4.69, 9.17) is 10.8 Å². The first-order chi connectivity index (χ1) is 3.63. The highest BCUT2D eigenvalue weighted by atomic mass is 35.5. The monoisotopic (exact) mass is 153 g/mol. The molecule has 0 bridgehead atoms. The second kappa shape index (κ2) is 5.85. The van der Waals surface area contributed by atoms with Crippen molar-refractivity contribution in [3.63, 3.8) is 0 Å². The van der Waals surface area contributed by atoms with Crippen LogP contribution in [0.4, 0.5) is 0 Å². The molecule has 0 spiro atoms. The van der Waals surface area contributed by atoms with Gasteiger partial charge in [0.2, 0.25) is 0 Å². The van der Waals surface area contributed by atoms with Crippen LogP contribution < -0.4 is 5.73 Å². The smallest absolute Gasteiger partial charge is 0.303 e. The largest absolute Gasteiger partial charge is 0.481 e. The highest BCUT2D eigenvalue weighted by Gasteiger charge is 1.98. The van der Waals surface area contributed by atoms with Crippen LogP contribution in [0.15, 0.2) is 0 Å². The number of halogens is 1. The Morgan fingerprint density at radius 1 is 1.78 bits per heavy atom. The summed E-state index contributed by atoms with van der Waals surface area (Å²) in [5, 5.41) is 8.11. The average molecular weight is 154 g/mol. The lowest BCUT2D eigenvalue weighted by Gasteiger charge is -1.98. The second-order valence-corrected chi connectivity index (χ2v) is 1.91. The minimum absolute atomic E-state index is 0. The predicted molar refractivity (Wildman–Crippen MR) is 37.8 cm³/mol. The lowest BCUT2D eigenvalue weighted by atomic mass is 10.2. The quantitative estimate of drug-likeness (QED) is 0.625. The topological polar surface area (TPSA) is 63.3 Å². The van der Waals surface area contributed by atoms with Gasteiger partial charge in [-0.15, -0.1) is 12.4 Å². The molecule has 0 amide bonds. The Balaban J connectivity index is 0. The molecule has 0 aliphatic rings. The Kier molecular flexibility index (Phi) is 7.48. The van der Waals surface area contributed by atoms with E-state index in [1.807, 2.05) is 0 Å². The van der Waals surface area contributed by atoms with Crippen molar-refractivity contribution in [2.45, 2.75) is 25.8 Å². The van der Waals surface area contributed by atoms with Crippen molar-refractivity contribution in [2.75, 3.05) is 0 Å². The highest BCUT2D eigenvalue weighted by molar-refractivity contribution is 5.85. The molecule has 0 aromatic heterocycles. The molecule has 0 radical (unpaired) electrons. The van der Waals surface area contributed by atoms with Crippen molar-refractivity contribution in [3.8, 4) is 0 Å². The third kappa shape index (κ3) is 11.3. The third-order valence-electron chi connectivity index (χ3n) is 0.814. The van der Waals surface area contributed by atoms with Crippen LogP contribution in [0.3, 0.4) is 0 Å². The van der Waals surface area contributed by atoms with Gasteiger partial charge >= 0.3 is 5.97 Å². The maximum Gasteiger partial charge on any atom is 0.303 e. The molecule has 4 heteroatoms. The van der Waals surface area contributed by atoms with Gasteiger partial charge in [0.05, 0.1) is 0 Å². The molecule has 0 unspecified atom stereocenters. The van der Waals surface area contributed by atoms with Crippen LogP contribution in [0.2, 0.25) is 0 Å². The molecule has 0 heterocycles. The molecular formula is C5H12ClNO2. The fraction of sp³-hybridized carbons (Fsp3) is 0.800. The maximum atomic E-state index is 9.85. The number of hydrogen-bond donors (Lipinski definition) is 2. The molecule has 0 saturated heterocycles. The minimum Gasteiger partial charge on any atom is -0.481 e. The summed E-state index contributed by atoms with van der Waals surface area (Å²) in [5.41, 5.74) is 5.28. The minimum atomic E-state index is -0.776. The first-order valence-corrected chi connectivity index (χ1v) is 2.60. The summed E-state index contributed by atoms with van der Waals surface area (Å²) in [6, 6.07) is 0.00565. The van der Waals surface area contributed by atoms with Crippen LogP contribution >= 0.6 is 12.4 Å². The number of hydrogen-bond acceptors (Lipinski definition) is 2. The molecule has 0 aliphatic heterocycles. The molecule has 1 atom stereocenters. The van der Waals surface area contributed by atoms with Crippen LogP contribution in [0.25, 0.3) is 0 Å². The van der Waals surface area contributed by atoms with Gasteiger partial charge in [-0.25, -0.2) is 0 Å². The Morgan fingerprint density at radius 2 is 2.22 bits per heavy atom. The molecule has 56 valence electrons. The van der Waals surface area contributed by atoms with Crippen molar-refractivity contribution in [3.05, 3.63) is 0 Å². The molecule has 3 nitrogen and oxygen atoms in total. The van der Waals surface area contributed by atoms with Gasteiger partial charge in [-0.2, -0.15) is 0 Å². The lowest BCUT2D eigenvalue weighted by Crippen LogP contribution is -2.15. The Bertz CT molecular complexity index is 85.0. The van der Waals surface area contributed by atoms with Gasteiger partial charge in [0.25, 0.3) is 0 Å². The fourth-order valence-electron chi connectivity index (χ4n) is 0.351. The van der Waals surface area contributed by atoms with Crippen molar-refractivity contribution in [2.24, 2.45) is 5.73 Å². The van der Waals surface area contributed by atoms with E-state index in [1.54, 1.807) is 6.92 Å². The Labute approximate surface area is 60.6 Å². The van der Waals surface area contributed by atoms with Crippen LogP contribution in [0.5, 0.6) is 0 Å². The second-order valence-electron chi connectivity index (χ2n) is 1.91. The van der Waals surface area contributed by atoms with Crippen molar-refractivity contribution in [1.29, 1.82) is 0 Å². The summed E-state index contributed by atoms with van der Waals surface area (Å²) in [7, 11) is 0. The average Bonchev–Trinajstić information content (AvgIpc) is 1.61. The van der Waals surface area contributed by atoms with Gasteiger partial charge in [0, 0.05) is 12.5 Å². The zero-order chi connectivity index (χ0) is 6.57. The van der Waals surface area contributed by atoms with Gasteiger partial charge in [0.1, 0.15) is 0 Å². The molecule has 0 aromatic carbocycles. The molecule has 0 aromatic rings. The van der Waals surface area contributed by atoms with Gasteiger partial charge < -0.3 is 10.8 Å². The lowest BCUT2D eigenvalue weighted by molar-refractivity contribution is -0.137. The van der Waals surface area contributed by atoms with Crippen molar-refractivity contribution in [1.82, 2.24) is 0 Å². The van der Waals surface area contributed by atoms with E-state index in [9.17, 15) is 4.79 Å². The van der Waals surface area contributed by atoms with E-state index in [1.165, 1.54) is 0 Å². The number of carboxylic acids is 1. The van der Waals surface area contributed by atoms with Crippen LogP contribution in [0.1, 0.15) is 19.8 Å². The van der Waals surface area contributed by atoms with Gasteiger partial charge in [-0.1, -0.05) is 0 Å². The normalized spacial score (nSPS) is 11.8. The molecular weight excluding hydrogens is 142 g/mol. The number of carbonyl (C=O) groups is 1. The summed E-state index contributed by atoms with van der Waals surface area (Å²) in [5.74, 6) is -0.776.